The average Bonchev–Trinajstić information content (AvgIpc) is 2.87. The zero-order chi connectivity index (χ0) is 13.0. The Hall–Kier alpha value is -2.01. The monoisotopic (exact) mass is 244 g/mol. The fraction of sp³-hybridized carbons (Fsp3) is 0.308. The van der Waals surface area contributed by atoms with Crippen molar-refractivity contribution in [3.05, 3.63) is 47.3 Å². The van der Waals surface area contributed by atoms with Gasteiger partial charge in [0.2, 0.25) is 5.78 Å². The maximum atomic E-state index is 12.1. The van der Waals surface area contributed by atoms with Crippen molar-refractivity contribution < 1.29 is 4.79 Å². The molecule has 0 aliphatic rings. The molecular weight excluding hydrogens is 228 g/mol. The first kappa shape index (κ1) is 12.4. The quantitative estimate of drug-likeness (QED) is 0.797. The summed E-state index contributed by atoms with van der Waals surface area (Å²) in [7, 11) is 0. The standard InChI is InChI=1S/C13H16N4O/c1-2-10-3-5-11(6-4-10)13(18)12-9-17(8-7-14)16-15-12/h3-6,9H,2,7-8,14H2,1H3. The second kappa shape index (κ2) is 5.55. The molecule has 0 atom stereocenters. The van der Waals surface area contributed by atoms with Gasteiger partial charge in [-0.2, -0.15) is 0 Å². The fourth-order valence-corrected chi connectivity index (χ4v) is 1.68. The van der Waals surface area contributed by atoms with Gasteiger partial charge in [-0.25, -0.2) is 0 Å². The van der Waals surface area contributed by atoms with Crippen LogP contribution in [0.3, 0.4) is 0 Å². The Kier molecular flexibility index (Phi) is 3.84. The van der Waals surface area contributed by atoms with Gasteiger partial charge in [0.25, 0.3) is 0 Å². The molecule has 2 aromatic rings. The number of hydrogen-bond donors (Lipinski definition) is 1. The van der Waals surface area contributed by atoms with Crippen LogP contribution in [0, 0.1) is 0 Å². The van der Waals surface area contributed by atoms with E-state index in [0.29, 0.717) is 24.3 Å². The summed E-state index contributed by atoms with van der Waals surface area (Å²) in [6.45, 7) is 3.12. The number of rotatable bonds is 5. The van der Waals surface area contributed by atoms with Gasteiger partial charge in [0.15, 0.2) is 5.69 Å². The highest BCUT2D eigenvalue weighted by atomic mass is 16.1. The lowest BCUT2D eigenvalue weighted by Crippen LogP contribution is -2.10. The van der Waals surface area contributed by atoms with E-state index < -0.39 is 0 Å². The van der Waals surface area contributed by atoms with Crippen molar-refractivity contribution in [2.75, 3.05) is 6.54 Å². The van der Waals surface area contributed by atoms with E-state index in [9.17, 15) is 4.79 Å². The molecular formula is C13H16N4O. The molecule has 94 valence electrons. The van der Waals surface area contributed by atoms with Gasteiger partial charge in [-0.05, 0) is 12.0 Å². The Morgan fingerprint density at radius 1 is 1.33 bits per heavy atom. The van der Waals surface area contributed by atoms with Gasteiger partial charge in [0.05, 0.1) is 12.7 Å². The normalized spacial score (nSPS) is 10.6. The third-order valence-corrected chi connectivity index (χ3v) is 2.75. The molecule has 0 spiro atoms. The number of hydrogen-bond acceptors (Lipinski definition) is 4. The van der Waals surface area contributed by atoms with E-state index >= 15 is 0 Å². The zero-order valence-electron chi connectivity index (χ0n) is 10.3. The molecule has 1 aromatic carbocycles. The van der Waals surface area contributed by atoms with Gasteiger partial charge in [-0.1, -0.05) is 36.4 Å². The highest BCUT2D eigenvalue weighted by Gasteiger charge is 2.12. The Bertz CT molecular complexity index is 530. The Labute approximate surface area is 106 Å². The molecule has 0 unspecified atom stereocenters. The van der Waals surface area contributed by atoms with Crippen molar-refractivity contribution in [3.63, 3.8) is 0 Å². The number of carbonyl (C=O) groups is 1. The molecule has 5 heteroatoms. The summed E-state index contributed by atoms with van der Waals surface area (Å²) in [6.07, 6.45) is 2.59. The van der Waals surface area contributed by atoms with Crippen LogP contribution in [0.1, 0.15) is 28.5 Å². The zero-order valence-corrected chi connectivity index (χ0v) is 10.3. The lowest BCUT2D eigenvalue weighted by molar-refractivity contribution is 0.103. The summed E-state index contributed by atoms with van der Waals surface area (Å²) in [5, 5.41) is 7.71. The van der Waals surface area contributed by atoms with E-state index in [-0.39, 0.29) is 5.78 Å². The molecule has 1 heterocycles. The van der Waals surface area contributed by atoms with Crippen LogP contribution < -0.4 is 5.73 Å². The van der Waals surface area contributed by atoms with E-state index in [0.717, 1.165) is 6.42 Å². The van der Waals surface area contributed by atoms with Crippen molar-refractivity contribution in [2.45, 2.75) is 19.9 Å². The third-order valence-electron chi connectivity index (χ3n) is 2.75. The molecule has 0 saturated carbocycles. The highest BCUT2D eigenvalue weighted by molar-refractivity contribution is 6.07. The van der Waals surface area contributed by atoms with Crippen molar-refractivity contribution in [3.8, 4) is 0 Å². The topological polar surface area (TPSA) is 73.8 Å². The van der Waals surface area contributed by atoms with Gasteiger partial charge in [-0.3, -0.25) is 9.48 Å². The number of nitrogens with zero attached hydrogens (tertiary/aromatic N) is 3. The lowest BCUT2D eigenvalue weighted by Gasteiger charge is -1.99. The average molecular weight is 244 g/mol. The minimum atomic E-state index is -0.110. The minimum Gasteiger partial charge on any atom is -0.329 e. The molecule has 0 amide bonds. The van der Waals surface area contributed by atoms with Gasteiger partial charge in [-0.15, -0.1) is 5.10 Å². The second-order valence-corrected chi connectivity index (χ2v) is 4.04. The molecule has 0 saturated heterocycles. The Morgan fingerprint density at radius 2 is 2.06 bits per heavy atom. The van der Waals surface area contributed by atoms with Crippen molar-refractivity contribution in [1.29, 1.82) is 0 Å². The molecule has 18 heavy (non-hydrogen) atoms. The van der Waals surface area contributed by atoms with E-state index in [1.807, 2.05) is 24.3 Å². The summed E-state index contributed by atoms with van der Waals surface area (Å²) in [5.74, 6) is -0.110. The molecule has 1 aromatic heterocycles. The van der Waals surface area contributed by atoms with Crippen LogP contribution in [0.4, 0.5) is 0 Å². The van der Waals surface area contributed by atoms with Crippen LogP contribution in [0.15, 0.2) is 30.5 Å². The summed E-state index contributed by atoms with van der Waals surface area (Å²) >= 11 is 0. The highest BCUT2D eigenvalue weighted by Crippen LogP contribution is 2.09. The van der Waals surface area contributed by atoms with Crippen LogP contribution in [0.2, 0.25) is 0 Å². The number of carbonyl (C=O) groups excluding carboxylic acids is 1. The molecule has 0 fully saturated rings. The Balaban J connectivity index is 2.18. The third kappa shape index (κ3) is 2.62. The number of aromatic nitrogens is 3. The van der Waals surface area contributed by atoms with E-state index in [4.69, 9.17) is 5.73 Å². The summed E-state index contributed by atoms with van der Waals surface area (Å²) in [4.78, 5) is 12.1. The van der Waals surface area contributed by atoms with Crippen LogP contribution >= 0.6 is 0 Å². The van der Waals surface area contributed by atoms with Gasteiger partial charge < -0.3 is 5.73 Å². The first-order chi connectivity index (χ1) is 8.74. The lowest BCUT2D eigenvalue weighted by atomic mass is 10.1. The maximum Gasteiger partial charge on any atom is 0.214 e. The SMILES string of the molecule is CCc1ccc(C(=O)c2cn(CCN)nn2)cc1. The number of ketones is 1. The predicted molar refractivity (Wildman–Crippen MR) is 68.3 cm³/mol. The van der Waals surface area contributed by atoms with Crippen LogP contribution in [-0.4, -0.2) is 27.3 Å². The van der Waals surface area contributed by atoms with Gasteiger partial charge >= 0.3 is 0 Å². The van der Waals surface area contributed by atoms with Gasteiger partial charge in [0, 0.05) is 12.1 Å². The van der Waals surface area contributed by atoms with Crippen molar-refractivity contribution >= 4 is 5.78 Å². The summed E-state index contributed by atoms with van der Waals surface area (Å²) in [5.41, 5.74) is 7.61. The largest absolute Gasteiger partial charge is 0.329 e. The molecule has 0 aliphatic heterocycles. The maximum absolute atomic E-state index is 12.1. The van der Waals surface area contributed by atoms with E-state index in [1.165, 1.54) is 5.56 Å². The Morgan fingerprint density at radius 3 is 2.67 bits per heavy atom. The first-order valence-electron chi connectivity index (χ1n) is 5.98. The second-order valence-electron chi connectivity index (χ2n) is 4.04. The smallest absolute Gasteiger partial charge is 0.214 e. The van der Waals surface area contributed by atoms with Gasteiger partial charge in [0.1, 0.15) is 0 Å². The van der Waals surface area contributed by atoms with E-state index in [2.05, 4.69) is 17.2 Å². The minimum absolute atomic E-state index is 0.110. The summed E-state index contributed by atoms with van der Waals surface area (Å²) < 4.78 is 1.58. The van der Waals surface area contributed by atoms with E-state index in [1.54, 1.807) is 10.9 Å². The molecule has 2 rings (SSSR count). The molecule has 0 bridgehead atoms. The van der Waals surface area contributed by atoms with Crippen LogP contribution in [-0.2, 0) is 13.0 Å². The molecule has 0 radical (unpaired) electrons. The molecule has 2 N–H and O–H groups in total. The van der Waals surface area contributed by atoms with Crippen LogP contribution in [0.5, 0.6) is 0 Å². The first-order valence-corrected chi connectivity index (χ1v) is 5.98. The van der Waals surface area contributed by atoms with Crippen molar-refractivity contribution in [2.24, 2.45) is 5.73 Å². The summed E-state index contributed by atoms with van der Waals surface area (Å²) in [6, 6.07) is 7.56. The molecule has 5 nitrogen and oxygen atoms in total. The number of aryl methyl sites for hydroxylation is 1. The number of benzene rings is 1. The fourth-order valence-electron chi connectivity index (χ4n) is 1.68. The number of nitrogens with two attached hydrogens (primary N) is 1. The van der Waals surface area contributed by atoms with Crippen LogP contribution in [0.25, 0.3) is 0 Å². The van der Waals surface area contributed by atoms with Crippen molar-refractivity contribution in [1.82, 2.24) is 15.0 Å². The predicted octanol–water partition coefficient (Wildman–Crippen LogP) is 1.03. The molecule has 0 aliphatic carbocycles.